The standard InChI is InChI=1S/C19H20N2O3S/c1-5-14(19(23)24)21-9-20-17-16(18(21)22)15(12(4)25-17)13-7-6-10(2)11(3)8-13/h6-9,14H,5H2,1-4H3,(H,23,24)/p-1/t14-/m1/s1. The Hall–Kier alpha value is -2.47. The number of carboxylic acids is 1. The lowest BCUT2D eigenvalue weighted by molar-refractivity contribution is -0.310. The zero-order valence-corrected chi connectivity index (χ0v) is 15.4. The van der Waals surface area contributed by atoms with Crippen molar-refractivity contribution < 1.29 is 9.90 Å². The Bertz CT molecular complexity index is 1030. The van der Waals surface area contributed by atoms with Gasteiger partial charge in [-0.25, -0.2) is 4.98 Å². The normalized spacial score (nSPS) is 12.5. The third-order valence-corrected chi connectivity index (χ3v) is 5.62. The van der Waals surface area contributed by atoms with Crippen molar-refractivity contribution in [3.05, 3.63) is 50.9 Å². The quantitative estimate of drug-likeness (QED) is 0.721. The smallest absolute Gasteiger partial charge is 0.263 e. The van der Waals surface area contributed by atoms with Gasteiger partial charge in [-0.2, -0.15) is 0 Å². The van der Waals surface area contributed by atoms with E-state index in [0.29, 0.717) is 10.2 Å². The van der Waals surface area contributed by atoms with Gasteiger partial charge >= 0.3 is 0 Å². The summed E-state index contributed by atoms with van der Waals surface area (Å²) in [6.45, 7) is 7.73. The van der Waals surface area contributed by atoms with Crippen LogP contribution in [0.3, 0.4) is 0 Å². The first-order valence-electron chi connectivity index (χ1n) is 8.13. The van der Waals surface area contributed by atoms with Gasteiger partial charge in [0, 0.05) is 10.4 Å². The molecule has 0 aliphatic heterocycles. The van der Waals surface area contributed by atoms with Crippen LogP contribution < -0.4 is 10.7 Å². The molecular weight excluding hydrogens is 336 g/mol. The fraction of sp³-hybridized carbons (Fsp3) is 0.316. The van der Waals surface area contributed by atoms with Gasteiger partial charge in [-0.3, -0.25) is 9.36 Å². The Labute approximate surface area is 149 Å². The first-order valence-corrected chi connectivity index (χ1v) is 8.95. The predicted molar refractivity (Wildman–Crippen MR) is 97.9 cm³/mol. The number of rotatable bonds is 4. The summed E-state index contributed by atoms with van der Waals surface area (Å²) >= 11 is 1.45. The molecule has 2 aromatic heterocycles. The van der Waals surface area contributed by atoms with E-state index in [-0.39, 0.29) is 12.0 Å². The number of aryl methyl sites for hydroxylation is 3. The molecule has 0 N–H and O–H groups in total. The number of nitrogens with zero attached hydrogens (tertiary/aromatic N) is 2. The number of hydrogen-bond acceptors (Lipinski definition) is 5. The van der Waals surface area contributed by atoms with Crippen molar-refractivity contribution in [2.45, 2.75) is 40.2 Å². The molecule has 0 amide bonds. The van der Waals surface area contributed by atoms with Crippen molar-refractivity contribution in [3.63, 3.8) is 0 Å². The number of thiophene rings is 1. The second kappa shape index (κ2) is 6.44. The zero-order chi connectivity index (χ0) is 18.3. The molecule has 0 spiro atoms. The molecule has 130 valence electrons. The minimum Gasteiger partial charge on any atom is -0.548 e. The molecule has 1 aromatic carbocycles. The van der Waals surface area contributed by atoms with Crippen LogP contribution in [0.1, 0.15) is 35.4 Å². The highest BCUT2D eigenvalue weighted by Gasteiger charge is 2.20. The minimum atomic E-state index is -1.27. The van der Waals surface area contributed by atoms with E-state index in [1.807, 2.05) is 32.9 Å². The van der Waals surface area contributed by atoms with E-state index in [0.717, 1.165) is 21.6 Å². The van der Waals surface area contributed by atoms with Crippen molar-refractivity contribution in [1.29, 1.82) is 0 Å². The Morgan fingerprint density at radius 2 is 2.00 bits per heavy atom. The fourth-order valence-corrected chi connectivity index (χ4v) is 4.06. The molecule has 25 heavy (non-hydrogen) atoms. The number of carbonyl (C=O) groups is 1. The Balaban J connectivity index is 2.33. The minimum absolute atomic E-state index is 0.261. The second-order valence-corrected chi connectivity index (χ2v) is 7.42. The maximum Gasteiger partial charge on any atom is 0.263 e. The van der Waals surface area contributed by atoms with E-state index in [2.05, 4.69) is 11.1 Å². The number of carbonyl (C=O) groups excluding carboxylic acids is 1. The lowest BCUT2D eigenvalue weighted by Crippen LogP contribution is -2.37. The Kier molecular flexibility index (Phi) is 4.47. The van der Waals surface area contributed by atoms with E-state index in [1.54, 1.807) is 6.92 Å². The molecular formula is C19H19N2O3S-. The van der Waals surface area contributed by atoms with Crippen LogP contribution in [-0.2, 0) is 4.79 Å². The molecule has 5 nitrogen and oxygen atoms in total. The molecule has 0 aliphatic rings. The fourth-order valence-electron chi connectivity index (χ4n) is 3.06. The summed E-state index contributed by atoms with van der Waals surface area (Å²) in [7, 11) is 0. The van der Waals surface area contributed by atoms with Gasteiger partial charge in [-0.05, 0) is 43.9 Å². The molecule has 0 saturated heterocycles. The van der Waals surface area contributed by atoms with Crippen LogP contribution in [0.5, 0.6) is 0 Å². The summed E-state index contributed by atoms with van der Waals surface area (Å²) in [5.74, 6) is -1.27. The first-order chi connectivity index (χ1) is 11.8. The number of benzene rings is 1. The first kappa shape index (κ1) is 17.4. The number of aliphatic carboxylic acids is 1. The van der Waals surface area contributed by atoms with Crippen molar-refractivity contribution in [2.75, 3.05) is 0 Å². The van der Waals surface area contributed by atoms with Crippen LogP contribution in [-0.4, -0.2) is 15.5 Å². The summed E-state index contributed by atoms with van der Waals surface area (Å²) in [6.07, 6.45) is 1.58. The molecule has 2 heterocycles. The maximum atomic E-state index is 13.0. The van der Waals surface area contributed by atoms with Gasteiger partial charge in [0.2, 0.25) is 0 Å². The molecule has 3 aromatic rings. The third-order valence-electron chi connectivity index (χ3n) is 4.60. The van der Waals surface area contributed by atoms with E-state index in [4.69, 9.17) is 0 Å². The van der Waals surface area contributed by atoms with Gasteiger partial charge < -0.3 is 9.90 Å². The number of hydrogen-bond donors (Lipinski definition) is 0. The van der Waals surface area contributed by atoms with Gasteiger partial charge in [-0.15, -0.1) is 11.3 Å². The highest BCUT2D eigenvalue weighted by atomic mass is 32.1. The maximum absolute atomic E-state index is 13.0. The summed E-state index contributed by atoms with van der Waals surface area (Å²) in [5, 5.41) is 11.8. The Morgan fingerprint density at radius 1 is 1.28 bits per heavy atom. The third kappa shape index (κ3) is 2.87. The average Bonchev–Trinajstić information content (AvgIpc) is 2.89. The van der Waals surface area contributed by atoms with Crippen molar-refractivity contribution in [1.82, 2.24) is 9.55 Å². The monoisotopic (exact) mass is 355 g/mol. The topological polar surface area (TPSA) is 75.0 Å². The highest BCUT2D eigenvalue weighted by Crippen LogP contribution is 2.36. The molecule has 0 unspecified atom stereocenters. The lowest BCUT2D eigenvalue weighted by Gasteiger charge is -2.18. The van der Waals surface area contributed by atoms with Crippen molar-refractivity contribution in [2.24, 2.45) is 0 Å². The van der Waals surface area contributed by atoms with Crippen molar-refractivity contribution >= 4 is 27.5 Å². The van der Waals surface area contributed by atoms with Crippen molar-refractivity contribution in [3.8, 4) is 11.1 Å². The van der Waals surface area contributed by atoms with Gasteiger partial charge in [-0.1, -0.05) is 25.1 Å². The number of fused-ring (bicyclic) bond motifs is 1. The molecule has 0 saturated carbocycles. The highest BCUT2D eigenvalue weighted by molar-refractivity contribution is 7.19. The molecule has 1 atom stereocenters. The molecule has 0 aliphatic carbocycles. The summed E-state index contributed by atoms with van der Waals surface area (Å²) < 4.78 is 1.17. The predicted octanol–water partition coefficient (Wildman–Crippen LogP) is 2.75. The van der Waals surface area contributed by atoms with E-state index >= 15 is 0 Å². The van der Waals surface area contributed by atoms with Gasteiger partial charge in [0.1, 0.15) is 4.83 Å². The van der Waals surface area contributed by atoms with E-state index in [9.17, 15) is 14.7 Å². The van der Waals surface area contributed by atoms with E-state index in [1.165, 1.54) is 27.8 Å². The van der Waals surface area contributed by atoms with Gasteiger partial charge in [0.25, 0.3) is 5.56 Å². The van der Waals surface area contributed by atoms with Crippen LogP contribution in [0.4, 0.5) is 0 Å². The van der Waals surface area contributed by atoms with Crippen LogP contribution in [0.2, 0.25) is 0 Å². The molecule has 6 heteroatoms. The molecule has 3 rings (SSSR count). The van der Waals surface area contributed by atoms with Crippen LogP contribution in [0, 0.1) is 20.8 Å². The second-order valence-electron chi connectivity index (χ2n) is 6.21. The molecule has 0 bridgehead atoms. The Morgan fingerprint density at radius 3 is 2.60 bits per heavy atom. The van der Waals surface area contributed by atoms with Gasteiger partial charge in [0.05, 0.1) is 23.7 Å². The van der Waals surface area contributed by atoms with Crippen LogP contribution in [0.25, 0.3) is 21.3 Å². The van der Waals surface area contributed by atoms with E-state index < -0.39 is 12.0 Å². The molecule has 0 fully saturated rings. The molecule has 0 radical (unpaired) electrons. The summed E-state index contributed by atoms with van der Waals surface area (Å²) in [5.41, 5.74) is 3.77. The SMILES string of the molecule is CC[C@H](C(=O)[O-])n1cnc2sc(C)c(-c3ccc(C)c(C)c3)c2c1=O. The summed E-state index contributed by atoms with van der Waals surface area (Å²) in [4.78, 5) is 30.3. The lowest BCUT2D eigenvalue weighted by atomic mass is 9.99. The number of carboxylic acid groups (broad SMARTS) is 1. The van der Waals surface area contributed by atoms with Gasteiger partial charge in [0.15, 0.2) is 0 Å². The zero-order valence-electron chi connectivity index (χ0n) is 14.6. The summed E-state index contributed by atoms with van der Waals surface area (Å²) in [6, 6.07) is 5.05. The van der Waals surface area contributed by atoms with Crippen LogP contribution >= 0.6 is 11.3 Å². The largest absolute Gasteiger partial charge is 0.548 e. The number of aromatic nitrogens is 2. The van der Waals surface area contributed by atoms with Crippen LogP contribution in [0.15, 0.2) is 29.3 Å². The average molecular weight is 355 g/mol.